The van der Waals surface area contributed by atoms with Crippen LogP contribution in [0.1, 0.15) is 16.1 Å². The van der Waals surface area contributed by atoms with Gasteiger partial charge >= 0.3 is 12.3 Å². The Kier molecular flexibility index (Phi) is 4.50. The van der Waals surface area contributed by atoms with Gasteiger partial charge in [-0.2, -0.15) is 0 Å². The molecule has 0 saturated carbocycles. The third-order valence-corrected chi connectivity index (χ3v) is 4.08. The van der Waals surface area contributed by atoms with Crippen LogP contribution in [0, 0.1) is 6.92 Å². The van der Waals surface area contributed by atoms with Gasteiger partial charge in [0.05, 0.1) is 11.1 Å². The number of aryl methyl sites for hydroxylation is 1. The van der Waals surface area contributed by atoms with Gasteiger partial charge in [0.2, 0.25) is 0 Å². The zero-order chi connectivity index (χ0) is 20.6. The summed E-state index contributed by atoms with van der Waals surface area (Å²) >= 11 is 0. The Morgan fingerprint density at radius 3 is 2.69 bits per heavy atom. The zero-order valence-corrected chi connectivity index (χ0v) is 15.1. The summed E-state index contributed by atoms with van der Waals surface area (Å²) in [4.78, 5) is 28.9. The lowest BCUT2D eigenvalue weighted by atomic mass is 10.1. The number of anilines is 1. The number of fused-ring (bicyclic) bond motifs is 2. The minimum Gasteiger partial charge on any atom is -0.452 e. The average Bonchev–Trinajstić information content (AvgIpc) is 2.98. The molecule has 1 aliphatic rings. The Bertz CT molecular complexity index is 1130. The van der Waals surface area contributed by atoms with Crippen LogP contribution in [0.25, 0.3) is 10.9 Å². The first kappa shape index (κ1) is 18.6. The summed E-state index contributed by atoms with van der Waals surface area (Å²) in [5.74, 6) is -1.66. The second-order valence-electron chi connectivity index (χ2n) is 6.28. The fraction of sp³-hybridized carbons (Fsp3) is 0.150. The number of para-hydroxylation sites is 1. The molecule has 9 heteroatoms. The molecule has 0 atom stereocenters. The zero-order valence-electron chi connectivity index (χ0n) is 15.1. The lowest BCUT2D eigenvalue weighted by molar-refractivity contribution is -0.286. The molecule has 4 rings (SSSR count). The Labute approximate surface area is 163 Å². The van der Waals surface area contributed by atoms with E-state index in [2.05, 4.69) is 19.8 Å². The van der Waals surface area contributed by atoms with Crippen molar-refractivity contribution >= 4 is 28.5 Å². The largest absolute Gasteiger partial charge is 0.586 e. The van der Waals surface area contributed by atoms with E-state index in [-0.39, 0.29) is 17.2 Å². The summed E-state index contributed by atoms with van der Waals surface area (Å²) in [6.07, 6.45) is -3.74. The number of rotatable bonds is 4. The first-order valence-electron chi connectivity index (χ1n) is 8.54. The van der Waals surface area contributed by atoms with Crippen LogP contribution in [-0.2, 0) is 9.53 Å². The Morgan fingerprint density at radius 2 is 1.86 bits per heavy atom. The van der Waals surface area contributed by atoms with Crippen LogP contribution >= 0.6 is 0 Å². The van der Waals surface area contributed by atoms with Crippen LogP contribution in [0.2, 0.25) is 0 Å². The fourth-order valence-electron chi connectivity index (χ4n) is 2.91. The van der Waals surface area contributed by atoms with Crippen molar-refractivity contribution in [2.24, 2.45) is 0 Å². The van der Waals surface area contributed by atoms with Gasteiger partial charge in [0, 0.05) is 22.8 Å². The van der Waals surface area contributed by atoms with E-state index in [1.807, 2.05) is 0 Å². The van der Waals surface area contributed by atoms with Crippen molar-refractivity contribution in [3.8, 4) is 11.5 Å². The van der Waals surface area contributed by atoms with Crippen LogP contribution in [0.5, 0.6) is 11.5 Å². The van der Waals surface area contributed by atoms with Crippen molar-refractivity contribution in [2.45, 2.75) is 13.2 Å². The number of nitrogens with zero attached hydrogens (tertiary/aromatic N) is 1. The second-order valence-corrected chi connectivity index (χ2v) is 6.28. The van der Waals surface area contributed by atoms with Crippen LogP contribution in [0.4, 0.5) is 14.5 Å². The molecule has 0 aliphatic carbocycles. The molecule has 0 fully saturated rings. The highest BCUT2D eigenvalue weighted by Crippen LogP contribution is 2.42. The average molecular weight is 400 g/mol. The molecule has 1 aliphatic heterocycles. The Hall–Kier alpha value is -3.75. The second kappa shape index (κ2) is 7.01. The molecule has 0 radical (unpaired) electrons. The number of hydrogen-bond acceptors (Lipinski definition) is 6. The van der Waals surface area contributed by atoms with E-state index < -0.39 is 24.8 Å². The maximum Gasteiger partial charge on any atom is 0.586 e. The lowest BCUT2D eigenvalue weighted by Gasteiger charge is -2.09. The molecule has 148 valence electrons. The van der Waals surface area contributed by atoms with Gasteiger partial charge in [-0.25, -0.2) is 4.79 Å². The number of ether oxygens (including phenoxy) is 3. The lowest BCUT2D eigenvalue weighted by Crippen LogP contribution is -2.25. The number of pyridine rings is 1. The van der Waals surface area contributed by atoms with Gasteiger partial charge < -0.3 is 19.5 Å². The molecular formula is C20H14F2N2O5. The maximum atomic E-state index is 13.0. The van der Waals surface area contributed by atoms with Gasteiger partial charge in [-0.15, -0.1) is 8.78 Å². The fourth-order valence-corrected chi connectivity index (χ4v) is 2.91. The highest BCUT2D eigenvalue weighted by atomic mass is 19.3. The van der Waals surface area contributed by atoms with E-state index in [9.17, 15) is 18.4 Å². The van der Waals surface area contributed by atoms with E-state index >= 15 is 0 Å². The standard InChI is InChI=1S/C20H14F2N2O5/c1-11-8-14(13-4-2-3-5-15(13)23-11)19(26)27-10-18(25)24-12-6-7-16-17(9-12)29-20(21,22)28-16/h2-9H,10H2,1H3,(H,24,25). The summed E-state index contributed by atoms with van der Waals surface area (Å²) < 4.78 is 39.8. The number of carbonyl (C=O) groups is 2. The van der Waals surface area contributed by atoms with Gasteiger partial charge in [-0.3, -0.25) is 9.78 Å². The van der Waals surface area contributed by atoms with Crippen LogP contribution < -0.4 is 14.8 Å². The molecule has 2 aromatic carbocycles. The van der Waals surface area contributed by atoms with Crippen molar-refractivity contribution < 1.29 is 32.6 Å². The number of halogens is 2. The Morgan fingerprint density at radius 1 is 1.10 bits per heavy atom. The molecule has 1 N–H and O–H groups in total. The van der Waals surface area contributed by atoms with Crippen molar-refractivity contribution in [1.29, 1.82) is 0 Å². The quantitative estimate of drug-likeness (QED) is 0.673. The van der Waals surface area contributed by atoms with Crippen molar-refractivity contribution in [2.75, 3.05) is 11.9 Å². The van der Waals surface area contributed by atoms with E-state index in [1.165, 1.54) is 18.2 Å². The van der Waals surface area contributed by atoms with Gasteiger partial charge in [-0.1, -0.05) is 18.2 Å². The van der Waals surface area contributed by atoms with Crippen LogP contribution in [-0.4, -0.2) is 29.8 Å². The van der Waals surface area contributed by atoms with Gasteiger partial charge in [0.25, 0.3) is 5.91 Å². The third kappa shape index (κ3) is 3.93. The number of alkyl halides is 2. The van der Waals surface area contributed by atoms with Crippen molar-refractivity contribution in [1.82, 2.24) is 4.98 Å². The highest BCUT2D eigenvalue weighted by molar-refractivity contribution is 6.04. The number of amides is 1. The normalized spacial score (nSPS) is 13.9. The van der Waals surface area contributed by atoms with E-state index in [1.54, 1.807) is 37.3 Å². The van der Waals surface area contributed by atoms with E-state index in [0.29, 0.717) is 22.2 Å². The highest BCUT2D eigenvalue weighted by Gasteiger charge is 2.43. The summed E-state index contributed by atoms with van der Waals surface area (Å²) in [6.45, 7) is 1.19. The number of carbonyl (C=O) groups excluding carboxylic acids is 2. The summed E-state index contributed by atoms with van der Waals surface area (Å²) in [6, 6.07) is 12.5. The molecule has 0 saturated heterocycles. The number of hydrogen-bond donors (Lipinski definition) is 1. The number of benzene rings is 2. The Balaban J connectivity index is 1.41. The topological polar surface area (TPSA) is 86.8 Å². The smallest absolute Gasteiger partial charge is 0.452 e. The number of esters is 1. The number of aromatic nitrogens is 1. The first-order chi connectivity index (χ1) is 13.8. The predicted octanol–water partition coefficient (Wildman–Crippen LogP) is 3.66. The van der Waals surface area contributed by atoms with Crippen molar-refractivity contribution in [3.05, 3.63) is 59.8 Å². The van der Waals surface area contributed by atoms with E-state index in [0.717, 1.165) is 0 Å². The molecule has 1 aromatic heterocycles. The molecule has 3 aromatic rings. The summed E-state index contributed by atoms with van der Waals surface area (Å²) in [5.41, 5.74) is 1.76. The predicted molar refractivity (Wildman–Crippen MR) is 98.0 cm³/mol. The molecule has 0 bridgehead atoms. The minimum absolute atomic E-state index is 0.139. The van der Waals surface area contributed by atoms with E-state index in [4.69, 9.17) is 4.74 Å². The molecule has 29 heavy (non-hydrogen) atoms. The first-order valence-corrected chi connectivity index (χ1v) is 8.54. The minimum atomic E-state index is -3.74. The molecule has 7 nitrogen and oxygen atoms in total. The SMILES string of the molecule is Cc1cc(C(=O)OCC(=O)Nc2ccc3c(c2)OC(F)(F)O3)c2ccccc2n1. The van der Waals surface area contributed by atoms with Crippen LogP contribution in [0.3, 0.4) is 0 Å². The number of nitrogens with one attached hydrogen (secondary N) is 1. The molecule has 1 amide bonds. The molecular weight excluding hydrogens is 386 g/mol. The summed E-state index contributed by atoms with van der Waals surface area (Å²) in [5, 5.41) is 3.06. The maximum absolute atomic E-state index is 13.0. The van der Waals surface area contributed by atoms with Gasteiger partial charge in [0.1, 0.15) is 0 Å². The van der Waals surface area contributed by atoms with Crippen molar-refractivity contribution in [3.63, 3.8) is 0 Å². The summed E-state index contributed by atoms with van der Waals surface area (Å²) in [7, 11) is 0. The van der Waals surface area contributed by atoms with Gasteiger partial charge in [0.15, 0.2) is 18.1 Å². The molecule has 0 spiro atoms. The monoisotopic (exact) mass is 400 g/mol. The van der Waals surface area contributed by atoms with Crippen LogP contribution in [0.15, 0.2) is 48.5 Å². The molecule has 2 heterocycles. The molecule has 0 unspecified atom stereocenters. The van der Waals surface area contributed by atoms with Gasteiger partial charge in [-0.05, 0) is 31.2 Å². The third-order valence-electron chi connectivity index (χ3n) is 4.08.